The van der Waals surface area contributed by atoms with E-state index in [2.05, 4.69) is 5.32 Å². The lowest BCUT2D eigenvalue weighted by atomic mass is 10.1. The zero-order valence-electron chi connectivity index (χ0n) is 12.8. The molecule has 120 valence electrons. The van der Waals surface area contributed by atoms with Crippen LogP contribution >= 0.6 is 0 Å². The van der Waals surface area contributed by atoms with Crippen LogP contribution in [0.3, 0.4) is 0 Å². The Morgan fingerprint density at radius 2 is 1.86 bits per heavy atom. The Bertz CT molecular complexity index is 529. The SMILES string of the molecule is C[C@@H](NC(=O)N1CCOCC1)c1ccc2c(c1)OCCCO2. The van der Waals surface area contributed by atoms with Crippen LogP contribution in [0.2, 0.25) is 0 Å². The van der Waals surface area contributed by atoms with E-state index in [0.717, 1.165) is 23.5 Å². The summed E-state index contributed by atoms with van der Waals surface area (Å²) in [5, 5.41) is 3.02. The molecule has 1 aromatic carbocycles. The first-order valence-electron chi connectivity index (χ1n) is 7.77. The molecule has 22 heavy (non-hydrogen) atoms. The molecule has 1 N–H and O–H groups in total. The molecule has 2 amide bonds. The number of urea groups is 1. The number of hydrogen-bond acceptors (Lipinski definition) is 4. The van der Waals surface area contributed by atoms with Crippen LogP contribution in [0.25, 0.3) is 0 Å². The smallest absolute Gasteiger partial charge is 0.318 e. The number of nitrogens with one attached hydrogen (secondary N) is 1. The van der Waals surface area contributed by atoms with Crippen molar-refractivity contribution in [1.82, 2.24) is 10.2 Å². The number of carbonyl (C=O) groups is 1. The molecule has 1 saturated heterocycles. The van der Waals surface area contributed by atoms with Crippen molar-refractivity contribution in [3.05, 3.63) is 23.8 Å². The Kier molecular flexibility index (Phi) is 4.68. The Balaban J connectivity index is 1.65. The lowest BCUT2D eigenvalue weighted by molar-refractivity contribution is 0.0526. The third-order valence-electron chi connectivity index (χ3n) is 3.91. The molecule has 0 spiro atoms. The van der Waals surface area contributed by atoms with E-state index < -0.39 is 0 Å². The molecule has 1 atom stereocenters. The van der Waals surface area contributed by atoms with Gasteiger partial charge < -0.3 is 24.4 Å². The van der Waals surface area contributed by atoms with Gasteiger partial charge in [-0.05, 0) is 24.6 Å². The molecular formula is C16H22N2O4. The van der Waals surface area contributed by atoms with Gasteiger partial charge >= 0.3 is 6.03 Å². The molecule has 1 fully saturated rings. The number of benzene rings is 1. The third kappa shape index (κ3) is 3.44. The van der Waals surface area contributed by atoms with Crippen LogP contribution < -0.4 is 14.8 Å². The number of carbonyl (C=O) groups excluding carboxylic acids is 1. The number of nitrogens with zero attached hydrogens (tertiary/aromatic N) is 1. The lowest BCUT2D eigenvalue weighted by Crippen LogP contribution is -2.46. The second kappa shape index (κ2) is 6.87. The number of rotatable bonds is 2. The van der Waals surface area contributed by atoms with E-state index in [1.54, 1.807) is 4.90 Å². The summed E-state index contributed by atoms with van der Waals surface area (Å²) in [6.07, 6.45) is 0.882. The summed E-state index contributed by atoms with van der Waals surface area (Å²) in [6.45, 7) is 5.79. The summed E-state index contributed by atoms with van der Waals surface area (Å²) >= 11 is 0. The number of ether oxygens (including phenoxy) is 3. The number of fused-ring (bicyclic) bond motifs is 1. The van der Waals surface area contributed by atoms with Crippen molar-refractivity contribution >= 4 is 6.03 Å². The minimum Gasteiger partial charge on any atom is -0.490 e. The monoisotopic (exact) mass is 306 g/mol. The second-order valence-electron chi connectivity index (χ2n) is 5.53. The van der Waals surface area contributed by atoms with Gasteiger partial charge in [0.15, 0.2) is 11.5 Å². The summed E-state index contributed by atoms with van der Waals surface area (Å²) in [7, 11) is 0. The fraction of sp³-hybridized carbons (Fsp3) is 0.562. The first-order valence-corrected chi connectivity index (χ1v) is 7.77. The number of amides is 2. The van der Waals surface area contributed by atoms with Gasteiger partial charge in [0.2, 0.25) is 0 Å². The summed E-state index contributed by atoms with van der Waals surface area (Å²) in [5.41, 5.74) is 1.01. The van der Waals surface area contributed by atoms with Gasteiger partial charge in [-0.2, -0.15) is 0 Å². The predicted molar refractivity (Wildman–Crippen MR) is 81.4 cm³/mol. The molecular weight excluding hydrogens is 284 g/mol. The summed E-state index contributed by atoms with van der Waals surface area (Å²) < 4.78 is 16.6. The molecule has 0 radical (unpaired) electrons. The van der Waals surface area contributed by atoms with Gasteiger partial charge in [0.05, 0.1) is 32.5 Å². The van der Waals surface area contributed by atoms with Gasteiger partial charge in [0.1, 0.15) is 0 Å². The van der Waals surface area contributed by atoms with Gasteiger partial charge in [-0.15, -0.1) is 0 Å². The van der Waals surface area contributed by atoms with E-state index in [1.807, 2.05) is 25.1 Å². The minimum atomic E-state index is -0.0903. The Morgan fingerprint density at radius 3 is 2.64 bits per heavy atom. The van der Waals surface area contributed by atoms with Gasteiger partial charge in [-0.3, -0.25) is 0 Å². The lowest BCUT2D eigenvalue weighted by Gasteiger charge is -2.28. The number of hydrogen-bond donors (Lipinski definition) is 1. The zero-order chi connectivity index (χ0) is 15.4. The van der Waals surface area contributed by atoms with Crippen molar-refractivity contribution in [2.24, 2.45) is 0 Å². The molecule has 3 rings (SSSR count). The Labute approximate surface area is 130 Å². The van der Waals surface area contributed by atoms with Crippen LogP contribution in [-0.4, -0.2) is 50.4 Å². The summed E-state index contributed by atoms with van der Waals surface area (Å²) in [5.74, 6) is 1.52. The van der Waals surface area contributed by atoms with Crippen LogP contribution in [0.1, 0.15) is 24.9 Å². The second-order valence-corrected chi connectivity index (χ2v) is 5.53. The van der Waals surface area contributed by atoms with Crippen LogP contribution in [0.4, 0.5) is 4.79 Å². The first-order chi connectivity index (χ1) is 10.7. The highest BCUT2D eigenvalue weighted by atomic mass is 16.5. The number of morpholine rings is 1. The van der Waals surface area contributed by atoms with E-state index in [1.165, 1.54) is 0 Å². The van der Waals surface area contributed by atoms with Crippen LogP contribution in [-0.2, 0) is 4.74 Å². The van der Waals surface area contributed by atoms with Crippen LogP contribution in [0.15, 0.2) is 18.2 Å². The highest BCUT2D eigenvalue weighted by Gasteiger charge is 2.20. The molecule has 0 aliphatic carbocycles. The van der Waals surface area contributed by atoms with E-state index >= 15 is 0 Å². The van der Waals surface area contributed by atoms with E-state index in [4.69, 9.17) is 14.2 Å². The largest absolute Gasteiger partial charge is 0.490 e. The van der Waals surface area contributed by atoms with Crippen molar-refractivity contribution in [2.45, 2.75) is 19.4 Å². The molecule has 0 bridgehead atoms. The summed E-state index contributed by atoms with van der Waals surface area (Å²) in [4.78, 5) is 14.0. The highest BCUT2D eigenvalue weighted by Crippen LogP contribution is 2.32. The van der Waals surface area contributed by atoms with Gasteiger partial charge in [-0.25, -0.2) is 4.79 Å². The van der Waals surface area contributed by atoms with E-state index in [-0.39, 0.29) is 12.1 Å². The highest BCUT2D eigenvalue weighted by molar-refractivity contribution is 5.74. The zero-order valence-corrected chi connectivity index (χ0v) is 12.8. The maximum Gasteiger partial charge on any atom is 0.318 e. The minimum absolute atomic E-state index is 0.0529. The van der Waals surface area contributed by atoms with Crippen molar-refractivity contribution in [1.29, 1.82) is 0 Å². The maximum absolute atomic E-state index is 12.2. The molecule has 0 saturated carbocycles. The molecule has 1 aromatic rings. The fourth-order valence-electron chi connectivity index (χ4n) is 2.58. The van der Waals surface area contributed by atoms with Crippen LogP contribution in [0.5, 0.6) is 11.5 Å². The van der Waals surface area contributed by atoms with Crippen molar-refractivity contribution in [3.63, 3.8) is 0 Å². The van der Waals surface area contributed by atoms with E-state index in [9.17, 15) is 4.79 Å². The molecule has 2 aliphatic heterocycles. The fourth-order valence-corrected chi connectivity index (χ4v) is 2.58. The van der Waals surface area contributed by atoms with E-state index in [0.29, 0.717) is 39.5 Å². The van der Waals surface area contributed by atoms with Gasteiger partial charge in [-0.1, -0.05) is 6.07 Å². The Hall–Kier alpha value is -1.95. The molecule has 6 nitrogen and oxygen atoms in total. The van der Waals surface area contributed by atoms with Crippen molar-refractivity contribution < 1.29 is 19.0 Å². The standard InChI is InChI=1S/C16H22N2O4/c1-12(17-16(19)18-5-9-20-10-6-18)13-3-4-14-15(11-13)22-8-2-7-21-14/h3-4,11-12H,2,5-10H2,1H3,(H,17,19)/t12-/m1/s1. The van der Waals surface area contributed by atoms with Crippen molar-refractivity contribution in [3.8, 4) is 11.5 Å². The summed E-state index contributed by atoms with van der Waals surface area (Å²) in [6, 6.07) is 5.69. The molecule has 0 aromatic heterocycles. The average Bonchev–Trinajstić information content (AvgIpc) is 2.80. The third-order valence-corrected chi connectivity index (χ3v) is 3.91. The molecule has 0 unspecified atom stereocenters. The normalized spacial score (nSPS) is 19.2. The molecule has 2 aliphatic rings. The van der Waals surface area contributed by atoms with Crippen LogP contribution in [0, 0.1) is 0 Å². The molecule has 2 heterocycles. The van der Waals surface area contributed by atoms with Crippen molar-refractivity contribution in [2.75, 3.05) is 39.5 Å². The van der Waals surface area contributed by atoms with Gasteiger partial charge in [0, 0.05) is 19.5 Å². The first kappa shape index (κ1) is 15.0. The Morgan fingerprint density at radius 1 is 1.14 bits per heavy atom. The maximum atomic E-state index is 12.2. The quantitative estimate of drug-likeness (QED) is 0.907. The molecule has 6 heteroatoms. The topological polar surface area (TPSA) is 60.0 Å². The predicted octanol–water partition coefficient (Wildman–Crippen LogP) is 1.95. The average molecular weight is 306 g/mol. The van der Waals surface area contributed by atoms with Gasteiger partial charge in [0.25, 0.3) is 0 Å².